The summed E-state index contributed by atoms with van der Waals surface area (Å²) in [5, 5.41) is 9.91. The van der Waals surface area contributed by atoms with Gasteiger partial charge >= 0.3 is 0 Å². The standard InChI is InChI=1S/C23H18N2O/c24-16-21-20(17-11-13-25-14-12-17)15-22(18-7-3-1-4-8-18)26-23(21)19-9-5-2-6-10-19/h1-14,20,22H,15H2/t20-,22-/m0/s1. The third kappa shape index (κ3) is 3.10. The van der Waals surface area contributed by atoms with Crippen molar-refractivity contribution >= 4 is 5.76 Å². The van der Waals surface area contributed by atoms with Crippen molar-refractivity contribution in [3.8, 4) is 6.07 Å². The molecule has 0 amide bonds. The largest absolute Gasteiger partial charge is 0.484 e. The Bertz CT molecular complexity index is 944. The third-order valence-corrected chi connectivity index (χ3v) is 4.74. The van der Waals surface area contributed by atoms with Crippen LogP contribution in [0, 0.1) is 11.3 Å². The van der Waals surface area contributed by atoms with Gasteiger partial charge in [-0.3, -0.25) is 4.98 Å². The molecule has 3 heteroatoms. The highest BCUT2D eigenvalue weighted by Gasteiger charge is 2.33. The summed E-state index contributed by atoms with van der Waals surface area (Å²) in [5.74, 6) is 0.659. The molecular weight excluding hydrogens is 320 g/mol. The summed E-state index contributed by atoms with van der Waals surface area (Å²) in [6.45, 7) is 0. The predicted octanol–water partition coefficient (Wildman–Crippen LogP) is 5.26. The predicted molar refractivity (Wildman–Crippen MR) is 101 cm³/mol. The summed E-state index contributed by atoms with van der Waals surface area (Å²) in [5.41, 5.74) is 3.82. The molecule has 1 aliphatic rings. The van der Waals surface area contributed by atoms with Crippen molar-refractivity contribution in [1.82, 2.24) is 4.98 Å². The number of pyridine rings is 1. The van der Waals surface area contributed by atoms with Crippen LogP contribution in [0.3, 0.4) is 0 Å². The molecule has 4 rings (SSSR count). The molecule has 1 aromatic heterocycles. The lowest BCUT2D eigenvalue weighted by atomic mass is 9.82. The maximum atomic E-state index is 9.91. The minimum atomic E-state index is -0.0957. The lowest BCUT2D eigenvalue weighted by Gasteiger charge is -2.32. The van der Waals surface area contributed by atoms with Crippen LogP contribution in [-0.2, 0) is 4.74 Å². The first-order chi connectivity index (χ1) is 12.9. The molecule has 0 N–H and O–H groups in total. The Morgan fingerprint density at radius 2 is 1.50 bits per heavy atom. The molecule has 2 atom stereocenters. The molecular formula is C23H18N2O. The Balaban J connectivity index is 1.84. The number of hydrogen-bond acceptors (Lipinski definition) is 3. The molecule has 0 unspecified atom stereocenters. The van der Waals surface area contributed by atoms with E-state index in [-0.39, 0.29) is 12.0 Å². The van der Waals surface area contributed by atoms with Crippen LogP contribution >= 0.6 is 0 Å². The summed E-state index contributed by atoms with van der Waals surface area (Å²) in [6, 6.07) is 26.5. The van der Waals surface area contributed by atoms with Gasteiger partial charge in [0.2, 0.25) is 0 Å². The zero-order chi connectivity index (χ0) is 17.8. The highest BCUT2D eigenvalue weighted by molar-refractivity contribution is 5.70. The van der Waals surface area contributed by atoms with Crippen molar-refractivity contribution in [2.24, 2.45) is 0 Å². The fourth-order valence-corrected chi connectivity index (χ4v) is 3.46. The van der Waals surface area contributed by atoms with E-state index in [9.17, 15) is 5.26 Å². The number of benzene rings is 2. The van der Waals surface area contributed by atoms with Crippen molar-refractivity contribution in [3.05, 3.63) is 107 Å². The smallest absolute Gasteiger partial charge is 0.141 e. The van der Waals surface area contributed by atoms with Gasteiger partial charge in [-0.05, 0) is 23.3 Å². The van der Waals surface area contributed by atoms with Crippen molar-refractivity contribution in [2.75, 3.05) is 0 Å². The van der Waals surface area contributed by atoms with Crippen LogP contribution in [0.25, 0.3) is 5.76 Å². The Morgan fingerprint density at radius 3 is 2.15 bits per heavy atom. The van der Waals surface area contributed by atoms with Gasteiger partial charge in [0.05, 0.1) is 11.6 Å². The second-order valence-corrected chi connectivity index (χ2v) is 6.31. The molecule has 0 bridgehead atoms. The lowest BCUT2D eigenvalue weighted by Crippen LogP contribution is -2.19. The van der Waals surface area contributed by atoms with Crippen molar-refractivity contribution in [1.29, 1.82) is 5.26 Å². The lowest BCUT2D eigenvalue weighted by molar-refractivity contribution is 0.138. The first-order valence-electron chi connectivity index (χ1n) is 8.68. The molecule has 2 aromatic carbocycles. The number of rotatable bonds is 3. The number of hydrogen-bond donors (Lipinski definition) is 0. The molecule has 0 saturated carbocycles. The van der Waals surface area contributed by atoms with Gasteiger partial charge in [-0.1, -0.05) is 60.7 Å². The molecule has 2 heterocycles. The van der Waals surface area contributed by atoms with E-state index in [1.54, 1.807) is 12.4 Å². The Labute approximate surface area is 153 Å². The van der Waals surface area contributed by atoms with E-state index >= 15 is 0 Å². The van der Waals surface area contributed by atoms with Crippen LogP contribution in [0.15, 0.2) is 90.8 Å². The Hall–Kier alpha value is -3.38. The molecule has 0 radical (unpaired) electrons. The minimum absolute atomic E-state index is 0.0165. The fourth-order valence-electron chi connectivity index (χ4n) is 3.46. The van der Waals surface area contributed by atoms with E-state index in [2.05, 4.69) is 23.2 Å². The SMILES string of the molecule is N#CC1=C(c2ccccc2)O[C@H](c2ccccc2)C[C@H]1c1ccncc1. The number of aromatic nitrogens is 1. The first-order valence-corrected chi connectivity index (χ1v) is 8.68. The van der Waals surface area contributed by atoms with Crippen molar-refractivity contribution in [3.63, 3.8) is 0 Å². The Morgan fingerprint density at radius 1 is 0.846 bits per heavy atom. The maximum absolute atomic E-state index is 9.91. The van der Waals surface area contributed by atoms with Crippen LogP contribution in [0.4, 0.5) is 0 Å². The molecule has 0 fully saturated rings. The molecule has 0 spiro atoms. The van der Waals surface area contributed by atoms with E-state index in [0.29, 0.717) is 11.3 Å². The van der Waals surface area contributed by atoms with Gasteiger partial charge in [-0.15, -0.1) is 0 Å². The normalized spacial score (nSPS) is 19.5. The number of ether oxygens (including phenoxy) is 1. The van der Waals surface area contributed by atoms with E-state index in [0.717, 1.165) is 23.1 Å². The van der Waals surface area contributed by atoms with Gasteiger partial charge in [0.15, 0.2) is 0 Å². The van der Waals surface area contributed by atoms with Gasteiger partial charge in [0, 0.05) is 30.3 Å². The quantitative estimate of drug-likeness (QED) is 0.654. The maximum Gasteiger partial charge on any atom is 0.141 e. The molecule has 26 heavy (non-hydrogen) atoms. The average Bonchev–Trinajstić information content (AvgIpc) is 2.74. The van der Waals surface area contributed by atoms with Crippen LogP contribution < -0.4 is 0 Å². The molecule has 126 valence electrons. The number of nitriles is 1. The third-order valence-electron chi connectivity index (χ3n) is 4.74. The Kier molecular flexibility index (Phi) is 4.49. The zero-order valence-electron chi connectivity index (χ0n) is 14.2. The van der Waals surface area contributed by atoms with Gasteiger partial charge < -0.3 is 4.74 Å². The highest BCUT2D eigenvalue weighted by Crippen LogP contribution is 2.45. The van der Waals surface area contributed by atoms with Crippen molar-refractivity contribution in [2.45, 2.75) is 18.4 Å². The number of allylic oxidation sites excluding steroid dienone is 1. The van der Waals surface area contributed by atoms with Crippen LogP contribution in [0.1, 0.15) is 35.1 Å². The zero-order valence-corrected chi connectivity index (χ0v) is 14.2. The summed E-state index contributed by atoms with van der Waals surface area (Å²) < 4.78 is 6.36. The second kappa shape index (κ2) is 7.25. The van der Waals surface area contributed by atoms with Crippen LogP contribution in [0.5, 0.6) is 0 Å². The summed E-state index contributed by atoms with van der Waals surface area (Å²) in [7, 11) is 0. The van der Waals surface area contributed by atoms with Crippen LogP contribution in [0.2, 0.25) is 0 Å². The first kappa shape index (κ1) is 16.1. The number of nitrogens with zero attached hydrogens (tertiary/aromatic N) is 2. The van der Waals surface area contributed by atoms with Gasteiger partial charge in [-0.2, -0.15) is 5.26 Å². The summed E-state index contributed by atoms with van der Waals surface area (Å²) in [4.78, 5) is 4.12. The van der Waals surface area contributed by atoms with E-state index < -0.39 is 0 Å². The minimum Gasteiger partial charge on any atom is -0.484 e. The summed E-state index contributed by atoms with van der Waals surface area (Å²) in [6.07, 6.45) is 4.19. The van der Waals surface area contributed by atoms with Gasteiger partial charge in [-0.25, -0.2) is 0 Å². The monoisotopic (exact) mass is 338 g/mol. The van der Waals surface area contributed by atoms with E-state index in [1.807, 2.05) is 60.7 Å². The van der Waals surface area contributed by atoms with Crippen molar-refractivity contribution < 1.29 is 4.74 Å². The van der Waals surface area contributed by atoms with Crippen LogP contribution in [-0.4, -0.2) is 4.98 Å². The highest BCUT2D eigenvalue weighted by atomic mass is 16.5. The van der Waals surface area contributed by atoms with E-state index in [4.69, 9.17) is 4.74 Å². The van der Waals surface area contributed by atoms with Gasteiger partial charge in [0.1, 0.15) is 11.9 Å². The average molecular weight is 338 g/mol. The van der Waals surface area contributed by atoms with E-state index in [1.165, 1.54) is 0 Å². The molecule has 1 aliphatic heterocycles. The fraction of sp³-hybridized carbons (Fsp3) is 0.130. The second-order valence-electron chi connectivity index (χ2n) is 6.31. The molecule has 3 aromatic rings. The molecule has 0 aliphatic carbocycles. The summed E-state index contributed by atoms with van der Waals surface area (Å²) >= 11 is 0. The topological polar surface area (TPSA) is 45.9 Å². The van der Waals surface area contributed by atoms with Gasteiger partial charge in [0.25, 0.3) is 0 Å². The molecule has 0 saturated heterocycles. The molecule has 3 nitrogen and oxygen atoms in total.